The van der Waals surface area contributed by atoms with Crippen LogP contribution >= 0.6 is 0 Å². The van der Waals surface area contributed by atoms with Crippen LogP contribution in [0.1, 0.15) is 62.8 Å². The number of hydrogen-bond donors (Lipinski definition) is 2. The predicted octanol–water partition coefficient (Wildman–Crippen LogP) is 5.31. The largest absolute Gasteiger partial charge is 0.504 e. The van der Waals surface area contributed by atoms with Crippen molar-refractivity contribution < 1.29 is 9.50 Å². The van der Waals surface area contributed by atoms with Gasteiger partial charge in [-0.2, -0.15) is 0 Å². The van der Waals surface area contributed by atoms with Crippen molar-refractivity contribution in [3.05, 3.63) is 52.3 Å². The first-order valence-corrected chi connectivity index (χ1v) is 8.94. The second kappa shape index (κ2) is 5.84. The molecule has 3 N–H and O–H groups in total. The van der Waals surface area contributed by atoms with Crippen LogP contribution in [0, 0.1) is 12.7 Å². The van der Waals surface area contributed by atoms with Gasteiger partial charge in [-0.15, -0.1) is 0 Å². The third-order valence-electron chi connectivity index (χ3n) is 5.85. The average molecular weight is 341 g/mol. The zero-order valence-electron chi connectivity index (χ0n) is 15.8. The van der Waals surface area contributed by atoms with Gasteiger partial charge in [-0.05, 0) is 76.6 Å². The molecule has 0 spiro atoms. The molecule has 0 aliphatic heterocycles. The number of nitrogens with two attached hydrogens (primary N) is 1. The number of aryl methyl sites for hydroxylation is 1. The Morgan fingerprint density at radius 2 is 1.52 bits per heavy atom. The highest BCUT2D eigenvalue weighted by molar-refractivity contribution is 5.75. The first-order chi connectivity index (χ1) is 11.6. The van der Waals surface area contributed by atoms with Crippen LogP contribution < -0.4 is 5.73 Å². The molecule has 0 unspecified atom stereocenters. The molecule has 0 atom stereocenters. The maximum Gasteiger partial charge on any atom is 0.165 e. The van der Waals surface area contributed by atoms with E-state index in [-0.39, 0.29) is 23.1 Å². The van der Waals surface area contributed by atoms with Gasteiger partial charge in [0.1, 0.15) is 0 Å². The normalized spacial score (nSPS) is 18.0. The minimum Gasteiger partial charge on any atom is -0.504 e. The summed E-state index contributed by atoms with van der Waals surface area (Å²) in [6, 6.07) is 7.48. The molecule has 2 nitrogen and oxygen atoms in total. The van der Waals surface area contributed by atoms with E-state index in [1.165, 1.54) is 17.2 Å². The molecule has 0 fully saturated rings. The Hall–Kier alpha value is -1.87. The van der Waals surface area contributed by atoms with E-state index in [4.69, 9.17) is 5.73 Å². The monoisotopic (exact) mass is 341 g/mol. The number of halogens is 1. The Balaban J connectivity index is 2.29. The minimum atomic E-state index is -0.616. The van der Waals surface area contributed by atoms with Gasteiger partial charge >= 0.3 is 0 Å². The summed E-state index contributed by atoms with van der Waals surface area (Å²) in [6.45, 7) is 11.4. The molecule has 0 bridgehead atoms. The topological polar surface area (TPSA) is 46.2 Å². The summed E-state index contributed by atoms with van der Waals surface area (Å²) in [7, 11) is 0. The van der Waals surface area contributed by atoms with Crippen LogP contribution in [-0.4, -0.2) is 5.11 Å². The van der Waals surface area contributed by atoms with Crippen LogP contribution in [0.3, 0.4) is 0 Å². The van der Waals surface area contributed by atoms with Gasteiger partial charge in [-0.25, -0.2) is 4.39 Å². The molecule has 2 aromatic rings. The van der Waals surface area contributed by atoms with Crippen molar-refractivity contribution >= 4 is 0 Å². The molecule has 134 valence electrons. The standard InChI is InChI=1S/C22H28FNO/c1-13-8-17-18(22(4,5)7-6-21(17,2)3)11-15(13)16-9-14(12-24)10-19(23)20(16)25/h8-11,25H,6-7,12,24H2,1-5H3. The molecule has 0 radical (unpaired) electrons. The van der Waals surface area contributed by atoms with E-state index in [0.29, 0.717) is 11.1 Å². The first-order valence-electron chi connectivity index (χ1n) is 8.94. The summed E-state index contributed by atoms with van der Waals surface area (Å²) in [5.41, 5.74) is 11.7. The quantitative estimate of drug-likeness (QED) is 0.777. The number of phenolic OH excluding ortho intramolecular Hbond substituents is 1. The highest BCUT2D eigenvalue weighted by atomic mass is 19.1. The van der Waals surface area contributed by atoms with E-state index < -0.39 is 5.82 Å². The summed E-state index contributed by atoms with van der Waals surface area (Å²) in [4.78, 5) is 0. The fraction of sp³-hybridized carbons (Fsp3) is 0.455. The molecule has 1 aliphatic carbocycles. The maximum atomic E-state index is 14.2. The third kappa shape index (κ3) is 2.95. The van der Waals surface area contributed by atoms with Crippen LogP contribution in [-0.2, 0) is 17.4 Å². The molecule has 0 saturated carbocycles. The van der Waals surface area contributed by atoms with E-state index in [1.807, 2.05) is 6.92 Å². The maximum absolute atomic E-state index is 14.2. The fourth-order valence-corrected chi connectivity index (χ4v) is 3.99. The van der Waals surface area contributed by atoms with Crippen molar-refractivity contribution in [1.82, 2.24) is 0 Å². The predicted molar refractivity (Wildman–Crippen MR) is 101 cm³/mol. The van der Waals surface area contributed by atoms with Crippen molar-refractivity contribution in [3.63, 3.8) is 0 Å². The fourth-order valence-electron chi connectivity index (χ4n) is 3.99. The number of rotatable bonds is 2. The Kier molecular flexibility index (Phi) is 4.19. The molecular weight excluding hydrogens is 313 g/mol. The number of benzene rings is 2. The molecule has 0 amide bonds. The van der Waals surface area contributed by atoms with Crippen molar-refractivity contribution in [2.24, 2.45) is 5.73 Å². The van der Waals surface area contributed by atoms with Gasteiger partial charge in [0.2, 0.25) is 0 Å². The van der Waals surface area contributed by atoms with Gasteiger partial charge in [0.25, 0.3) is 0 Å². The Morgan fingerprint density at radius 3 is 2.08 bits per heavy atom. The van der Waals surface area contributed by atoms with E-state index in [1.54, 1.807) is 6.07 Å². The zero-order valence-corrected chi connectivity index (χ0v) is 15.8. The van der Waals surface area contributed by atoms with Crippen LogP contribution in [0.15, 0.2) is 24.3 Å². The summed E-state index contributed by atoms with van der Waals surface area (Å²) in [5.74, 6) is -0.914. The molecule has 2 aromatic carbocycles. The smallest absolute Gasteiger partial charge is 0.165 e. The van der Waals surface area contributed by atoms with Gasteiger partial charge in [0.05, 0.1) is 0 Å². The van der Waals surface area contributed by atoms with Gasteiger partial charge in [-0.3, -0.25) is 0 Å². The lowest BCUT2D eigenvalue weighted by molar-refractivity contribution is 0.332. The lowest BCUT2D eigenvalue weighted by Crippen LogP contribution is -2.34. The molecular formula is C22H28FNO. The van der Waals surface area contributed by atoms with E-state index in [0.717, 1.165) is 24.0 Å². The molecule has 1 aliphatic rings. The second-order valence-corrected chi connectivity index (χ2v) is 8.66. The molecule has 3 rings (SSSR count). The average Bonchev–Trinajstić information content (AvgIpc) is 2.54. The lowest BCUT2D eigenvalue weighted by atomic mass is 9.62. The lowest BCUT2D eigenvalue weighted by Gasteiger charge is -2.42. The first kappa shape index (κ1) is 17.9. The summed E-state index contributed by atoms with van der Waals surface area (Å²) in [5, 5.41) is 10.3. The number of fused-ring (bicyclic) bond motifs is 1. The van der Waals surface area contributed by atoms with Crippen LogP contribution in [0.25, 0.3) is 11.1 Å². The van der Waals surface area contributed by atoms with Gasteiger partial charge in [-0.1, -0.05) is 33.8 Å². The van der Waals surface area contributed by atoms with E-state index in [9.17, 15) is 9.50 Å². The highest BCUT2D eigenvalue weighted by Crippen LogP contribution is 2.48. The Morgan fingerprint density at radius 1 is 0.960 bits per heavy atom. The van der Waals surface area contributed by atoms with Crippen molar-refractivity contribution in [3.8, 4) is 16.9 Å². The number of hydrogen-bond acceptors (Lipinski definition) is 2. The summed E-state index contributed by atoms with van der Waals surface area (Å²) < 4.78 is 14.2. The third-order valence-corrected chi connectivity index (χ3v) is 5.85. The van der Waals surface area contributed by atoms with Crippen molar-refractivity contribution in [1.29, 1.82) is 0 Å². The minimum absolute atomic E-state index is 0.0624. The van der Waals surface area contributed by atoms with Gasteiger partial charge in [0, 0.05) is 12.1 Å². The summed E-state index contributed by atoms with van der Waals surface area (Å²) >= 11 is 0. The number of phenols is 1. The van der Waals surface area contributed by atoms with Crippen LogP contribution in [0.5, 0.6) is 5.75 Å². The van der Waals surface area contributed by atoms with Crippen molar-refractivity contribution in [2.45, 2.75) is 64.8 Å². The molecule has 0 heterocycles. The van der Waals surface area contributed by atoms with Crippen LogP contribution in [0.4, 0.5) is 4.39 Å². The van der Waals surface area contributed by atoms with Gasteiger partial charge in [0.15, 0.2) is 11.6 Å². The van der Waals surface area contributed by atoms with E-state index in [2.05, 4.69) is 39.8 Å². The Bertz CT molecular complexity index is 836. The Labute approximate surface area is 149 Å². The number of aromatic hydroxyl groups is 1. The molecule has 3 heteroatoms. The zero-order chi connectivity index (χ0) is 18.6. The van der Waals surface area contributed by atoms with E-state index >= 15 is 0 Å². The molecule has 0 saturated heterocycles. The molecule has 0 aromatic heterocycles. The van der Waals surface area contributed by atoms with Crippen LogP contribution in [0.2, 0.25) is 0 Å². The van der Waals surface area contributed by atoms with Gasteiger partial charge < -0.3 is 10.8 Å². The highest BCUT2D eigenvalue weighted by Gasteiger charge is 2.37. The second-order valence-electron chi connectivity index (χ2n) is 8.66. The summed E-state index contributed by atoms with van der Waals surface area (Å²) in [6.07, 6.45) is 2.26. The SMILES string of the molecule is Cc1cc2c(cc1-c1cc(CN)cc(F)c1O)C(C)(C)CCC2(C)C. The van der Waals surface area contributed by atoms with Crippen molar-refractivity contribution in [2.75, 3.05) is 0 Å². The molecule has 25 heavy (non-hydrogen) atoms.